The first-order valence-corrected chi connectivity index (χ1v) is 8.84. The molecule has 0 fully saturated rings. The van der Waals surface area contributed by atoms with Crippen molar-refractivity contribution in [3.05, 3.63) is 63.2 Å². The molecule has 0 radical (unpaired) electrons. The normalized spacial score (nSPS) is 13.2. The molecule has 6 nitrogen and oxygen atoms in total. The fourth-order valence-corrected chi connectivity index (χ4v) is 3.44. The minimum absolute atomic E-state index is 0.0168. The molecule has 0 saturated heterocycles. The van der Waals surface area contributed by atoms with Crippen molar-refractivity contribution in [2.24, 2.45) is 0 Å². The fraction of sp³-hybridized carbons (Fsp3) is 0.350. The van der Waals surface area contributed by atoms with Gasteiger partial charge in [-0.2, -0.15) is 0 Å². The molecule has 0 atom stereocenters. The molecule has 1 aliphatic heterocycles. The number of hydrogen-bond donors (Lipinski definition) is 1. The molecule has 0 spiro atoms. The van der Waals surface area contributed by atoms with Crippen LogP contribution in [-0.4, -0.2) is 23.9 Å². The molecule has 0 bridgehead atoms. The molecule has 6 heteroatoms. The first-order chi connectivity index (χ1) is 12.5. The number of benzene rings is 2. The van der Waals surface area contributed by atoms with Crippen molar-refractivity contribution in [3.63, 3.8) is 0 Å². The van der Waals surface area contributed by atoms with Crippen LogP contribution in [-0.2, 0) is 11.2 Å². The Morgan fingerprint density at radius 2 is 2.08 bits per heavy atom. The molecular weight excluding hydrogens is 330 g/mol. The SMILES string of the molecule is Cc1ccc2c(c1)CCCN2CCC(=O)Nc1cccc([N+](=O)[O-])c1C. The molecule has 1 heterocycles. The minimum atomic E-state index is -0.433. The van der Waals surface area contributed by atoms with Gasteiger partial charge in [0, 0.05) is 31.3 Å². The van der Waals surface area contributed by atoms with Crippen LogP contribution in [0.3, 0.4) is 0 Å². The van der Waals surface area contributed by atoms with Gasteiger partial charge in [0.25, 0.3) is 5.69 Å². The number of rotatable bonds is 5. The van der Waals surface area contributed by atoms with Crippen molar-refractivity contribution in [1.82, 2.24) is 0 Å². The first kappa shape index (κ1) is 17.9. The fourth-order valence-electron chi connectivity index (χ4n) is 3.44. The van der Waals surface area contributed by atoms with Gasteiger partial charge in [-0.3, -0.25) is 14.9 Å². The van der Waals surface area contributed by atoms with Gasteiger partial charge in [-0.15, -0.1) is 0 Å². The third kappa shape index (κ3) is 3.85. The van der Waals surface area contributed by atoms with Crippen LogP contribution in [0.1, 0.15) is 29.5 Å². The van der Waals surface area contributed by atoms with E-state index in [0.717, 1.165) is 19.4 Å². The quantitative estimate of drug-likeness (QED) is 0.651. The number of carbonyl (C=O) groups excluding carboxylic acids is 1. The number of carbonyl (C=O) groups is 1. The van der Waals surface area contributed by atoms with Crippen LogP contribution in [0, 0.1) is 24.0 Å². The summed E-state index contributed by atoms with van der Waals surface area (Å²) in [6.07, 6.45) is 2.50. The summed E-state index contributed by atoms with van der Waals surface area (Å²) in [6.45, 7) is 5.32. The second-order valence-electron chi connectivity index (χ2n) is 6.73. The smallest absolute Gasteiger partial charge is 0.274 e. The van der Waals surface area contributed by atoms with Crippen molar-refractivity contribution < 1.29 is 9.72 Å². The number of nitro benzene ring substituents is 1. The van der Waals surface area contributed by atoms with E-state index in [-0.39, 0.29) is 11.6 Å². The Kier molecular flexibility index (Phi) is 5.21. The monoisotopic (exact) mass is 353 g/mol. The van der Waals surface area contributed by atoms with Gasteiger partial charge < -0.3 is 10.2 Å². The average molecular weight is 353 g/mol. The zero-order valence-electron chi connectivity index (χ0n) is 15.1. The topological polar surface area (TPSA) is 75.5 Å². The van der Waals surface area contributed by atoms with Gasteiger partial charge in [0.2, 0.25) is 5.91 Å². The molecular formula is C20H23N3O3. The van der Waals surface area contributed by atoms with Crippen LogP contribution < -0.4 is 10.2 Å². The number of hydrogen-bond acceptors (Lipinski definition) is 4. The Morgan fingerprint density at radius 1 is 1.27 bits per heavy atom. The lowest BCUT2D eigenvalue weighted by Gasteiger charge is -2.31. The Morgan fingerprint density at radius 3 is 2.85 bits per heavy atom. The van der Waals surface area contributed by atoms with Gasteiger partial charge in [0.15, 0.2) is 0 Å². The Hall–Kier alpha value is -2.89. The Balaban J connectivity index is 1.64. The molecule has 0 aromatic heterocycles. The third-order valence-corrected chi connectivity index (χ3v) is 4.83. The van der Waals surface area contributed by atoms with Gasteiger partial charge >= 0.3 is 0 Å². The zero-order valence-corrected chi connectivity index (χ0v) is 15.1. The van der Waals surface area contributed by atoms with E-state index in [2.05, 4.69) is 35.3 Å². The van der Waals surface area contributed by atoms with Gasteiger partial charge in [-0.05, 0) is 44.4 Å². The maximum atomic E-state index is 12.3. The van der Waals surface area contributed by atoms with E-state index in [9.17, 15) is 14.9 Å². The molecule has 2 aromatic rings. The van der Waals surface area contributed by atoms with E-state index in [1.807, 2.05) is 0 Å². The van der Waals surface area contributed by atoms with Crippen molar-refractivity contribution in [3.8, 4) is 0 Å². The summed E-state index contributed by atoms with van der Waals surface area (Å²) in [5, 5.41) is 13.8. The van der Waals surface area contributed by atoms with Gasteiger partial charge in [0.1, 0.15) is 0 Å². The molecule has 1 aliphatic rings. The van der Waals surface area contributed by atoms with E-state index >= 15 is 0 Å². The lowest BCUT2D eigenvalue weighted by Crippen LogP contribution is -2.32. The zero-order chi connectivity index (χ0) is 18.7. The number of nitrogens with one attached hydrogen (secondary N) is 1. The summed E-state index contributed by atoms with van der Waals surface area (Å²) in [5.74, 6) is -0.132. The largest absolute Gasteiger partial charge is 0.371 e. The van der Waals surface area contributed by atoms with E-state index in [0.29, 0.717) is 24.2 Å². The maximum Gasteiger partial charge on any atom is 0.274 e. The molecule has 2 aromatic carbocycles. The highest BCUT2D eigenvalue weighted by molar-refractivity contribution is 5.92. The van der Waals surface area contributed by atoms with Gasteiger partial charge in [0.05, 0.1) is 16.2 Å². The number of nitro groups is 1. The van der Waals surface area contributed by atoms with Crippen LogP contribution in [0.25, 0.3) is 0 Å². The second kappa shape index (κ2) is 7.56. The van der Waals surface area contributed by atoms with Crippen molar-refractivity contribution in [1.29, 1.82) is 0 Å². The number of aryl methyl sites for hydroxylation is 2. The average Bonchev–Trinajstić information content (AvgIpc) is 2.61. The highest BCUT2D eigenvalue weighted by Crippen LogP contribution is 2.28. The number of anilines is 2. The van der Waals surface area contributed by atoms with Crippen LogP contribution in [0.5, 0.6) is 0 Å². The summed E-state index contributed by atoms with van der Waals surface area (Å²) in [6, 6.07) is 11.2. The van der Waals surface area contributed by atoms with Crippen LogP contribution in [0.15, 0.2) is 36.4 Å². The van der Waals surface area contributed by atoms with Crippen molar-refractivity contribution in [2.75, 3.05) is 23.3 Å². The lowest BCUT2D eigenvalue weighted by molar-refractivity contribution is -0.385. The predicted molar refractivity (Wildman–Crippen MR) is 103 cm³/mol. The highest BCUT2D eigenvalue weighted by atomic mass is 16.6. The summed E-state index contributed by atoms with van der Waals surface area (Å²) in [5.41, 5.74) is 4.79. The number of amides is 1. The molecule has 1 N–H and O–H groups in total. The maximum absolute atomic E-state index is 12.3. The van der Waals surface area contributed by atoms with Crippen molar-refractivity contribution >= 4 is 23.0 Å². The van der Waals surface area contributed by atoms with E-state index < -0.39 is 4.92 Å². The van der Waals surface area contributed by atoms with Gasteiger partial charge in [-0.25, -0.2) is 0 Å². The molecule has 0 unspecified atom stereocenters. The predicted octanol–water partition coefficient (Wildman–Crippen LogP) is 3.99. The number of nitrogens with zero attached hydrogens (tertiary/aromatic N) is 2. The van der Waals surface area contributed by atoms with Crippen LogP contribution in [0.4, 0.5) is 17.1 Å². The molecule has 136 valence electrons. The summed E-state index contributed by atoms with van der Waals surface area (Å²) in [7, 11) is 0. The molecule has 0 aliphatic carbocycles. The highest BCUT2D eigenvalue weighted by Gasteiger charge is 2.19. The van der Waals surface area contributed by atoms with Gasteiger partial charge in [-0.1, -0.05) is 23.8 Å². The van der Waals surface area contributed by atoms with Crippen molar-refractivity contribution in [2.45, 2.75) is 33.1 Å². The van der Waals surface area contributed by atoms with Crippen LogP contribution >= 0.6 is 0 Å². The molecule has 26 heavy (non-hydrogen) atoms. The minimum Gasteiger partial charge on any atom is -0.371 e. The van der Waals surface area contributed by atoms with E-state index in [1.54, 1.807) is 19.1 Å². The summed E-state index contributed by atoms with van der Waals surface area (Å²) >= 11 is 0. The first-order valence-electron chi connectivity index (χ1n) is 8.84. The summed E-state index contributed by atoms with van der Waals surface area (Å²) in [4.78, 5) is 25.2. The van der Waals surface area contributed by atoms with Crippen LogP contribution in [0.2, 0.25) is 0 Å². The Bertz CT molecular complexity index is 848. The molecule has 3 rings (SSSR count). The third-order valence-electron chi connectivity index (χ3n) is 4.83. The second-order valence-corrected chi connectivity index (χ2v) is 6.73. The molecule has 0 saturated carbocycles. The van der Waals surface area contributed by atoms with E-state index in [4.69, 9.17) is 0 Å². The molecule has 1 amide bonds. The Labute approximate surface area is 153 Å². The van der Waals surface area contributed by atoms with E-state index in [1.165, 1.54) is 22.9 Å². The standard InChI is InChI=1S/C20H23N3O3/c1-14-8-9-19-16(13-14)5-4-11-22(19)12-10-20(24)21-17-6-3-7-18(15(17)2)23(25)26/h3,6-9,13H,4-5,10-12H2,1-2H3,(H,21,24). The summed E-state index contributed by atoms with van der Waals surface area (Å²) < 4.78 is 0. The lowest BCUT2D eigenvalue weighted by atomic mass is 9.99. The number of fused-ring (bicyclic) bond motifs is 1.